The monoisotopic (exact) mass is 365 g/mol. The SMILES string of the molecule is CCC(C)[C@@H](O)[C@@H](N)c1ccc(C(F)(F)F)cc1C(F)(F)F.Cl. The van der Waals surface area contributed by atoms with E-state index in [1.807, 2.05) is 0 Å². The first-order valence-electron chi connectivity index (χ1n) is 6.61. The van der Waals surface area contributed by atoms with E-state index >= 15 is 0 Å². The van der Waals surface area contributed by atoms with Crippen LogP contribution in [0.4, 0.5) is 26.3 Å². The normalized spacial score (nSPS) is 16.4. The van der Waals surface area contributed by atoms with E-state index in [4.69, 9.17) is 5.73 Å². The molecule has 3 atom stereocenters. The Morgan fingerprint density at radius 1 is 1.09 bits per heavy atom. The minimum Gasteiger partial charge on any atom is -0.391 e. The maximum Gasteiger partial charge on any atom is 0.416 e. The molecular weight excluding hydrogens is 348 g/mol. The second kappa shape index (κ2) is 7.72. The maximum absolute atomic E-state index is 13.0. The number of hydrogen-bond donors (Lipinski definition) is 2. The van der Waals surface area contributed by atoms with Crippen LogP contribution < -0.4 is 5.73 Å². The number of rotatable bonds is 4. The van der Waals surface area contributed by atoms with Gasteiger partial charge in [0.1, 0.15) is 0 Å². The van der Waals surface area contributed by atoms with Crippen LogP contribution in [0.2, 0.25) is 0 Å². The zero-order valence-corrected chi connectivity index (χ0v) is 13.2. The Balaban J connectivity index is 0.00000484. The van der Waals surface area contributed by atoms with Crippen molar-refractivity contribution in [2.45, 2.75) is 44.8 Å². The van der Waals surface area contributed by atoms with Crippen LogP contribution >= 0.6 is 12.4 Å². The predicted molar refractivity (Wildman–Crippen MR) is 76.1 cm³/mol. The van der Waals surface area contributed by atoms with Crippen molar-refractivity contribution in [3.63, 3.8) is 0 Å². The molecule has 134 valence electrons. The van der Waals surface area contributed by atoms with Crippen LogP contribution in [0, 0.1) is 5.92 Å². The summed E-state index contributed by atoms with van der Waals surface area (Å²) < 4.78 is 76.8. The number of alkyl halides is 6. The van der Waals surface area contributed by atoms with Crippen molar-refractivity contribution in [2.24, 2.45) is 11.7 Å². The molecule has 1 aromatic rings. The third kappa shape index (κ3) is 5.26. The van der Waals surface area contributed by atoms with Crippen LogP contribution in [-0.4, -0.2) is 11.2 Å². The summed E-state index contributed by atoms with van der Waals surface area (Å²) in [6, 6.07) is -0.178. The van der Waals surface area contributed by atoms with Gasteiger partial charge in [-0.1, -0.05) is 26.3 Å². The van der Waals surface area contributed by atoms with Crippen LogP contribution in [0.3, 0.4) is 0 Å². The summed E-state index contributed by atoms with van der Waals surface area (Å²) in [5.74, 6) is -0.390. The zero-order valence-electron chi connectivity index (χ0n) is 12.4. The standard InChI is InChI=1S/C14H17F6NO.ClH/c1-3-7(2)12(22)11(21)9-5-4-8(13(15,16)17)6-10(9)14(18,19)20;/h4-7,11-12,22H,3,21H2,1-2H3;1H/t7?,11-,12+;/m0./s1. The molecule has 0 amide bonds. The minimum atomic E-state index is -5.00. The molecule has 0 radical (unpaired) electrons. The molecule has 0 fully saturated rings. The molecule has 1 aromatic carbocycles. The van der Waals surface area contributed by atoms with Gasteiger partial charge in [-0.25, -0.2) is 0 Å². The van der Waals surface area contributed by atoms with Gasteiger partial charge in [-0.2, -0.15) is 26.3 Å². The Hall–Kier alpha value is -0.990. The lowest BCUT2D eigenvalue weighted by atomic mass is 9.88. The van der Waals surface area contributed by atoms with Gasteiger partial charge >= 0.3 is 12.4 Å². The zero-order chi connectivity index (χ0) is 17.3. The molecule has 2 nitrogen and oxygen atoms in total. The Morgan fingerprint density at radius 2 is 1.61 bits per heavy atom. The van der Waals surface area contributed by atoms with Crippen LogP contribution in [-0.2, 0) is 12.4 Å². The molecular formula is C14H18ClF6NO. The first-order valence-corrected chi connectivity index (χ1v) is 6.61. The highest BCUT2D eigenvalue weighted by Gasteiger charge is 2.40. The third-order valence-electron chi connectivity index (χ3n) is 3.64. The highest BCUT2D eigenvalue weighted by atomic mass is 35.5. The van der Waals surface area contributed by atoms with E-state index in [1.165, 1.54) is 0 Å². The quantitative estimate of drug-likeness (QED) is 0.769. The first-order chi connectivity index (χ1) is 9.89. The van der Waals surface area contributed by atoms with Gasteiger partial charge in [0.15, 0.2) is 0 Å². The van der Waals surface area contributed by atoms with E-state index in [9.17, 15) is 31.4 Å². The topological polar surface area (TPSA) is 46.2 Å². The van der Waals surface area contributed by atoms with Crippen molar-refractivity contribution >= 4 is 12.4 Å². The summed E-state index contributed by atoms with van der Waals surface area (Å²) in [4.78, 5) is 0. The summed E-state index contributed by atoms with van der Waals surface area (Å²) in [7, 11) is 0. The van der Waals surface area contributed by atoms with Crippen molar-refractivity contribution in [3.05, 3.63) is 34.9 Å². The lowest BCUT2D eigenvalue weighted by Crippen LogP contribution is -2.33. The molecule has 3 N–H and O–H groups in total. The lowest BCUT2D eigenvalue weighted by Gasteiger charge is -2.27. The molecule has 1 rings (SSSR count). The molecule has 0 saturated carbocycles. The van der Waals surface area contributed by atoms with Crippen molar-refractivity contribution < 1.29 is 31.4 Å². The van der Waals surface area contributed by atoms with Gasteiger partial charge in [0.25, 0.3) is 0 Å². The summed E-state index contributed by atoms with van der Waals surface area (Å²) in [5.41, 5.74) is 2.21. The Kier molecular flexibility index (Phi) is 7.39. The fourth-order valence-corrected chi connectivity index (χ4v) is 2.05. The molecule has 0 aliphatic rings. The molecule has 9 heteroatoms. The second-order valence-electron chi connectivity index (χ2n) is 5.20. The average molecular weight is 366 g/mol. The number of aliphatic hydroxyl groups excluding tert-OH is 1. The largest absolute Gasteiger partial charge is 0.416 e. The van der Waals surface area contributed by atoms with Gasteiger partial charge in [0.2, 0.25) is 0 Å². The van der Waals surface area contributed by atoms with E-state index in [2.05, 4.69) is 0 Å². The Bertz CT molecular complexity index is 517. The number of nitrogens with two attached hydrogens (primary N) is 1. The Labute approximate surface area is 136 Å². The Morgan fingerprint density at radius 3 is 2.00 bits per heavy atom. The van der Waals surface area contributed by atoms with Gasteiger partial charge in [-0.05, 0) is 23.6 Å². The number of benzene rings is 1. The van der Waals surface area contributed by atoms with Crippen LogP contribution in [0.25, 0.3) is 0 Å². The fourth-order valence-electron chi connectivity index (χ4n) is 2.05. The van der Waals surface area contributed by atoms with Crippen LogP contribution in [0.15, 0.2) is 18.2 Å². The van der Waals surface area contributed by atoms with Crippen molar-refractivity contribution in [2.75, 3.05) is 0 Å². The van der Waals surface area contributed by atoms with Crippen molar-refractivity contribution in [1.29, 1.82) is 0 Å². The van der Waals surface area contributed by atoms with Crippen LogP contribution in [0.1, 0.15) is 43.0 Å². The number of hydrogen-bond acceptors (Lipinski definition) is 2. The van der Waals surface area contributed by atoms with E-state index < -0.39 is 47.1 Å². The van der Waals surface area contributed by atoms with E-state index in [1.54, 1.807) is 13.8 Å². The highest BCUT2D eigenvalue weighted by molar-refractivity contribution is 5.85. The molecule has 1 unspecified atom stereocenters. The highest BCUT2D eigenvalue weighted by Crippen LogP contribution is 2.39. The van der Waals surface area contributed by atoms with E-state index in [-0.39, 0.29) is 18.5 Å². The average Bonchev–Trinajstić information content (AvgIpc) is 2.42. The van der Waals surface area contributed by atoms with Gasteiger partial charge in [0, 0.05) is 0 Å². The van der Waals surface area contributed by atoms with Gasteiger partial charge in [-0.3, -0.25) is 0 Å². The van der Waals surface area contributed by atoms with Crippen LogP contribution in [0.5, 0.6) is 0 Å². The van der Waals surface area contributed by atoms with E-state index in [0.717, 1.165) is 0 Å². The molecule has 0 spiro atoms. The van der Waals surface area contributed by atoms with Gasteiger partial charge in [0.05, 0.1) is 23.3 Å². The summed E-state index contributed by atoms with van der Waals surface area (Å²) >= 11 is 0. The van der Waals surface area contributed by atoms with Gasteiger partial charge < -0.3 is 10.8 Å². The van der Waals surface area contributed by atoms with Crippen molar-refractivity contribution in [3.8, 4) is 0 Å². The molecule has 23 heavy (non-hydrogen) atoms. The lowest BCUT2D eigenvalue weighted by molar-refractivity contribution is -0.143. The molecule has 0 saturated heterocycles. The third-order valence-corrected chi connectivity index (χ3v) is 3.64. The maximum atomic E-state index is 13.0. The minimum absolute atomic E-state index is 0. The fraction of sp³-hybridized carbons (Fsp3) is 0.571. The summed E-state index contributed by atoms with van der Waals surface area (Å²) in [6.45, 7) is 3.32. The summed E-state index contributed by atoms with van der Waals surface area (Å²) in [6.07, 6.45) is -10.7. The van der Waals surface area contributed by atoms with E-state index in [0.29, 0.717) is 18.6 Å². The number of aliphatic hydroxyl groups is 1. The molecule has 0 heterocycles. The van der Waals surface area contributed by atoms with Crippen molar-refractivity contribution in [1.82, 2.24) is 0 Å². The molecule has 0 aliphatic carbocycles. The smallest absolute Gasteiger partial charge is 0.391 e. The molecule has 0 aromatic heterocycles. The predicted octanol–water partition coefficient (Wildman–Crippen LogP) is 4.55. The second-order valence-corrected chi connectivity index (χ2v) is 5.20. The number of halogens is 7. The van der Waals surface area contributed by atoms with Gasteiger partial charge in [-0.15, -0.1) is 12.4 Å². The molecule has 0 aliphatic heterocycles. The first kappa shape index (κ1) is 22.0. The molecule has 0 bridgehead atoms. The summed E-state index contributed by atoms with van der Waals surface area (Å²) in [5, 5.41) is 9.94.